The fraction of sp³-hybridized carbons (Fsp3) is 0.882. The molecule has 1 heterocycles. The van der Waals surface area contributed by atoms with Crippen LogP contribution in [0.25, 0.3) is 0 Å². The van der Waals surface area contributed by atoms with Gasteiger partial charge in [0, 0.05) is 19.0 Å². The van der Waals surface area contributed by atoms with Crippen molar-refractivity contribution in [3.63, 3.8) is 0 Å². The zero-order chi connectivity index (χ0) is 15.1. The quantitative estimate of drug-likeness (QED) is 0.807. The highest BCUT2D eigenvalue weighted by Crippen LogP contribution is 2.40. The topological polar surface area (TPSA) is 49.4 Å². The van der Waals surface area contributed by atoms with Crippen LogP contribution < -0.4 is 5.32 Å². The summed E-state index contributed by atoms with van der Waals surface area (Å²) in [5.74, 6) is 0.261. The SMILES string of the molecule is CC1(C)CCCC(N2CCC(=O)NC3(CCCC3)C2=O)C1. The molecule has 21 heavy (non-hydrogen) atoms. The number of carbonyl (C=O) groups is 2. The van der Waals surface area contributed by atoms with E-state index in [9.17, 15) is 9.59 Å². The molecule has 0 aromatic heterocycles. The van der Waals surface area contributed by atoms with Crippen molar-refractivity contribution < 1.29 is 9.59 Å². The third-order valence-electron chi connectivity index (χ3n) is 5.71. The normalized spacial score (nSPS) is 32.1. The number of nitrogens with zero attached hydrogens (tertiary/aromatic N) is 1. The molecular formula is C17H28N2O2. The molecule has 4 heteroatoms. The molecule has 2 amide bonds. The first-order valence-electron chi connectivity index (χ1n) is 8.54. The summed E-state index contributed by atoms with van der Waals surface area (Å²) in [6.45, 7) is 5.21. The van der Waals surface area contributed by atoms with Gasteiger partial charge in [0.25, 0.3) is 0 Å². The van der Waals surface area contributed by atoms with Gasteiger partial charge in [0.15, 0.2) is 0 Å². The monoisotopic (exact) mass is 292 g/mol. The van der Waals surface area contributed by atoms with Crippen LogP contribution in [0.3, 0.4) is 0 Å². The summed E-state index contributed by atoms with van der Waals surface area (Å²) in [5, 5.41) is 3.06. The Hall–Kier alpha value is -1.06. The number of rotatable bonds is 1. The first kappa shape index (κ1) is 14.9. The summed E-state index contributed by atoms with van der Waals surface area (Å²) in [5.41, 5.74) is -0.259. The molecule has 2 saturated carbocycles. The lowest BCUT2D eigenvalue weighted by molar-refractivity contribution is -0.142. The van der Waals surface area contributed by atoms with Gasteiger partial charge >= 0.3 is 0 Å². The van der Waals surface area contributed by atoms with E-state index in [1.54, 1.807) is 0 Å². The maximum absolute atomic E-state index is 13.1. The van der Waals surface area contributed by atoms with E-state index < -0.39 is 5.54 Å². The van der Waals surface area contributed by atoms with Crippen LogP contribution in [0.1, 0.15) is 71.6 Å². The smallest absolute Gasteiger partial charge is 0.248 e. The van der Waals surface area contributed by atoms with Crippen molar-refractivity contribution in [3.8, 4) is 0 Å². The highest BCUT2D eigenvalue weighted by Gasteiger charge is 2.48. The summed E-state index contributed by atoms with van der Waals surface area (Å²) in [6, 6.07) is 0.325. The number of hydrogen-bond donors (Lipinski definition) is 1. The van der Waals surface area contributed by atoms with E-state index in [4.69, 9.17) is 0 Å². The van der Waals surface area contributed by atoms with Crippen LogP contribution in [-0.2, 0) is 9.59 Å². The van der Waals surface area contributed by atoms with E-state index >= 15 is 0 Å². The Kier molecular flexibility index (Phi) is 3.74. The molecule has 118 valence electrons. The molecule has 1 atom stereocenters. The zero-order valence-electron chi connectivity index (χ0n) is 13.4. The molecule has 3 aliphatic rings. The number of hydrogen-bond acceptors (Lipinski definition) is 2. The van der Waals surface area contributed by atoms with E-state index in [0.717, 1.165) is 38.5 Å². The average molecular weight is 292 g/mol. The lowest BCUT2D eigenvalue weighted by Crippen LogP contribution is -2.58. The van der Waals surface area contributed by atoms with Crippen molar-refractivity contribution in [1.82, 2.24) is 10.2 Å². The van der Waals surface area contributed by atoms with E-state index in [2.05, 4.69) is 24.1 Å². The van der Waals surface area contributed by atoms with Crippen molar-refractivity contribution in [3.05, 3.63) is 0 Å². The summed E-state index contributed by atoms with van der Waals surface area (Å²) in [6.07, 6.45) is 8.82. The Morgan fingerprint density at radius 2 is 1.81 bits per heavy atom. The van der Waals surface area contributed by atoms with Crippen LogP contribution in [-0.4, -0.2) is 34.8 Å². The number of nitrogens with one attached hydrogen (secondary N) is 1. The highest BCUT2D eigenvalue weighted by molar-refractivity contribution is 5.94. The van der Waals surface area contributed by atoms with Crippen molar-refractivity contribution in [2.24, 2.45) is 5.41 Å². The van der Waals surface area contributed by atoms with Crippen molar-refractivity contribution in [1.29, 1.82) is 0 Å². The second-order valence-electron chi connectivity index (χ2n) is 8.00. The van der Waals surface area contributed by atoms with Gasteiger partial charge in [-0.1, -0.05) is 33.1 Å². The van der Waals surface area contributed by atoms with Gasteiger partial charge in [-0.05, 0) is 37.5 Å². The molecule has 1 N–H and O–H groups in total. The lowest BCUT2D eigenvalue weighted by Gasteiger charge is -2.43. The van der Waals surface area contributed by atoms with Gasteiger partial charge in [-0.15, -0.1) is 0 Å². The summed E-state index contributed by atoms with van der Waals surface area (Å²) < 4.78 is 0. The predicted molar refractivity (Wildman–Crippen MR) is 81.7 cm³/mol. The van der Waals surface area contributed by atoms with Crippen molar-refractivity contribution in [2.45, 2.75) is 83.2 Å². The molecule has 1 spiro atoms. The molecule has 0 aromatic rings. The minimum absolute atomic E-state index is 0.0582. The standard InChI is InChI=1S/C17H28N2O2/c1-16(2)8-5-6-13(12-16)19-11-7-14(20)18-17(15(19)21)9-3-4-10-17/h13H,3-12H2,1-2H3,(H,18,20). The van der Waals surface area contributed by atoms with Gasteiger partial charge < -0.3 is 10.2 Å². The minimum Gasteiger partial charge on any atom is -0.342 e. The highest BCUT2D eigenvalue weighted by atomic mass is 16.2. The second-order valence-corrected chi connectivity index (χ2v) is 8.00. The van der Waals surface area contributed by atoms with Crippen molar-refractivity contribution in [2.75, 3.05) is 6.54 Å². The average Bonchev–Trinajstić information content (AvgIpc) is 2.82. The predicted octanol–water partition coefficient (Wildman–Crippen LogP) is 2.62. The van der Waals surface area contributed by atoms with Crippen molar-refractivity contribution >= 4 is 11.8 Å². The van der Waals surface area contributed by atoms with Gasteiger partial charge in [0.1, 0.15) is 5.54 Å². The Morgan fingerprint density at radius 1 is 1.10 bits per heavy atom. The van der Waals surface area contributed by atoms with Crippen LogP contribution in [0, 0.1) is 5.41 Å². The van der Waals surface area contributed by atoms with Crippen LogP contribution in [0.15, 0.2) is 0 Å². The van der Waals surface area contributed by atoms with Crippen LogP contribution >= 0.6 is 0 Å². The molecule has 3 rings (SSSR count). The van der Waals surface area contributed by atoms with E-state index in [-0.39, 0.29) is 11.8 Å². The second kappa shape index (κ2) is 5.29. The van der Waals surface area contributed by atoms with Gasteiger partial charge in [0.05, 0.1) is 0 Å². The maximum Gasteiger partial charge on any atom is 0.248 e. The third kappa shape index (κ3) is 2.82. The zero-order valence-corrected chi connectivity index (χ0v) is 13.4. The minimum atomic E-state index is -0.574. The number of amides is 2. The molecule has 4 nitrogen and oxygen atoms in total. The fourth-order valence-electron chi connectivity index (χ4n) is 4.57. The van der Waals surface area contributed by atoms with Gasteiger partial charge in [0.2, 0.25) is 11.8 Å². The van der Waals surface area contributed by atoms with E-state index in [1.165, 1.54) is 12.8 Å². The largest absolute Gasteiger partial charge is 0.342 e. The van der Waals surface area contributed by atoms with E-state index in [0.29, 0.717) is 24.4 Å². The first-order valence-corrected chi connectivity index (χ1v) is 8.54. The fourth-order valence-corrected chi connectivity index (χ4v) is 4.57. The van der Waals surface area contributed by atoms with Gasteiger partial charge in [-0.25, -0.2) is 0 Å². The molecule has 0 aromatic carbocycles. The molecule has 1 aliphatic heterocycles. The number of carbonyl (C=O) groups excluding carboxylic acids is 2. The molecule has 0 bridgehead atoms. The molecular weight excluding hydrogens is 264 g/mol. The maximum atomic E-state index is 13.1. The Balaban J connectivity index is 1.83. The van der Waals surface area contributed by atoms with Gasteiger partial charge in [-0.2, -0.15) is 0 Å². The molecule has 2 aliphatic carbocycles. The third-order valence-corrected chi connectivity index (χ3v) is 5.71. The molecule has 1 unspecified atom stereocenters. The Labute approximate surface area is 127 Å². The first-order chi connectivity index (χ1) is 9.92. The van der Waals surface area contributed by atoms with Gasteiger partial charge in [-0.3, -0.25) is 9.59 Å². The lowest BCUT2D eigenvalue weighted by atomic mass is 9.74. The Bertz CT molecular complexity index is 438. The molecule has 3 fully saturated rings. The van der Waals surface area contributed by atoms with E-state index in [1.807, 2.05) is 0 Å². The van der Waals surface area contributed by atoms with Crippen LogP contribution in [0.2, 0.25) is 0 Å². The summed E-state index contributed by atoms with van der Waals surface area (Å²) in [4.78, 5) is 27.3. The molecule has 1 saturated heterocycles. The van der Waals surface area contributed by atoms with Crippen LogP contribution in [0.4, 0.5) is 0 Å². The van der Waals surface area contributed by atoms with Crippen LogP contribution in [0.5, 0.6) is 0 Å². The Morgan fingerprint density at radius 3 is 2.48 bits per heavy atom. The summed E-state index contributed by atoms with van der Waals surface area (Å²) in [7, 11) is 0. The summed E-state index contributed by atoms with van der Waals surface area (Å²) >= 11 is 0. The molecule has 0 radical (unpaired) electrons.